The van der Waals surface area contributed by atoms with E-state index >= 15 is 0 Å². The van der Waals surface area contributed by atoms with E-state index in [-0.39, 0.29) is 11.6 Å². The summed E-state index contributed by atoms with van der Waals surface area (Å²) in [6, 6.07) is 5.84. The zero-order chi connectivity index (χ0) is 13.4. The number of nitro benzene ring substituents is 1. The fraction of sp³-hybridized carbons (Fsp3) is 0. The van der Waals surface area contributed by atoms with E-state index in [2.05, 4.69) is 9.97 Å². The Morgan fingerprint density at radius 1 is 1.26 bits per heavy atom. The second kappa shape index (κ2) is 4.05. The van der Waals surface area contributed by atoms with Gasteiger partial charge in [-0.15, -0.1) is 0 Å². The molecule has 0 aliphatic heterocycles. The second-order valence-corrected chi connectivity index (χ2v) is 3.89. The van der Waals surface area contributed by atoms with E-state index in [1.54, 1.807) is 18.3 Å². The lowest BCUT2D eigenvalue weighted by molar-refractivity contribution is -0.384. The first-order valence-electron chi connectivity index (χ1n) is 5.42. The van der Waals surface area contributed by atoms with Crippen LogP contribution < -0.4 is 0 Å². The molecule has 0 atom stereocenters. The molecule has 0 radical (unpaired) electrons. The molecule has 2 aromatic heterocycles. The average Bonchev–Trinajstić information content (AvgIpc) is 2.77. The lowest BCUT2D eigenvalue weighted by atomic mass is 10.1. The van der Waals surface area contributed by atoms with Crippen LogP contribution in [-0.2, 0) is 0 Å². The second-order valence-electron chi connectivity index (χ2n) is 3.89. The largest absolute Gasteiger partial charge is 0.493 e. The average molecular weight is 256 g/mol. The quantitative estimate of drug-likeness (QED) is 0.559. The Morgan fingerprint density at radius 3 is 2.63 bits per heavy atom. The van der Waals surface area contributed by atoms with Gasteiger partial charge < -0.3 is 5.11 Å². The van der Waals surface area contributed by atoms with Crippen molar-refractivity contribution in [3.63, 3.8) is 0 Å². The van der Waals surface area contributed by atoms with Crippen LogP contribution in [0.15, 0.2) is 42.9 Å². The number of hydrogen-bond acceptors (Lipinski definition) is 5. The number of aromatic nitrogens is 3. The number of aromatic hydroxyl groups is 1. The van der Waals surface area contributed by atoms with E-state index in [0.29, 0.717) is 16.9 Å². The van der Waals surface area contributed by atoms with Crippen molar-refractivity contribution in [2.75, 3.05) is 0 Å². The van der Waals surface area contributed by atoms with Gasteiger partial charge in [-0.1, -0.05) is 0 Å². The number of nitro groups is 1. The van der Waals surface area contributed by atoms with E-state index in [1.807, 2.05) is 0 Å². The van der Waals surface area contributed by atoms with Crippen LogP contribution >= 0.6 is 0 Å². The predicted octanol–water partition coefficient (Wildman–Crippen LogP) is 2.01. The molecule has 0 fully saturated rings. The molecule has 0 spiro atoms. The van der Waals surface area contributed by atoms with Gasteiger partial charge in [-0.3, -0.25) is 19.5 Å². The molecule has 0 saturated heterocycles. The Labute approximate surface area is 106 Å². The van der Waals surface area contributed by atoms with Crippen molar-refractivity contribution >= 4 is 11.3 Å². The molecular formula is C12H8N4O3. The molecule has 0 aliphatic rings. The van der Waals surface area contributed by atoms with Crippen molar-refractivity contribution in [3.05, 3.63) is 53.0 Å². The minimum absolute atomic E-state index is 0.00586. The zero-order valence-corrected chi connectivity index (χ0v) is 9.59. The normalized spacial score (nSPS) is 10.7. The van der Waals surface area contributed by atoms with Crippen molar-refractivity contribution < 1.29 is 10.0 Å². The van der Waals surface area contributed by atoms with Crippen LogP contribution in [0.3, 0.4) is 0 Å². The molecule has 0 saturated carbocycles. The third-order valence-corrected chi connectivity index (χ3v) is 2.76. The van der Waals surface area contributed by atoms with Crippen molar-refractivity contribution in [2.45, 2.75) is 0 Å². The van der Waals surface area contributed by atoms with Gasteiger partial charge in [0.25, 0.3) is 5.69 Å². The predicted molar refractivity (Wildman–Crippen MR) is 66.7 cm³/mol. The lowest BCUT2D eigenvalue weighted by Gasteiger charge is -1.98. The molecule has 7 nitrogen and oxygen atoms in total. The Hall–Kier alpha value is -2.96. The Morgan fingerprint density at radius 2 is 2.00 bits per heavy atom. The van der Waals surface area contributed by atoms with Gasteiger partial charge in [-0.05, 0) is 12.1 Å². The fourth-order valence-electron chi connectivity index (χ4n) is 1.83. The van der Waals surface area contributed by atoms with Crippen molar-refractivity contribution in [1.29, 1.82) is 0 Å². The summed E-state index contributed by atoms with van der Waals surface area (Å²) in [6.07, 6.45) is 4.65. The summed E-state index contributed by atoms with van der Waals surface area (Å²) >= 11 is 0. The van der Waals surface area contributed by atoms with Gasteiger partial charge in [0.15, 0.2) is 5.65 Å². The smallest absolute Gasteiger partial charge is 0.269 e. The molecule has 0 amide bonds. The standard InChI is InChI=1S/C12H8N4O3/c17-12-11(14-10-7-13-5-6-15(10)12)8-1-3-9(4-2-8)16(18)19/h1-7,17H. The molecule has 7 heteroatoms. The van der Waals surface area contributed by atoms with Gasteiger partial charge >= 0.3 is 0 Å². The maximum absolute atomic E-state index is 10.6. The first-order valence-corrected chi connectivity index (χ1v) is 5.42. The molecule has 0 aliphatic carbocycles. The number of fused-ring (bicyclic) bond motifs is 1. The maximum Gasteiger partial charge on any atom is 0.269 e. The molecule has 0 bridgehead atoms. The number of imidazole rings is 1. The summed E-state index contributed by atoms with van der Waals surface area (Å²) < 4.78 is 1.49. The van der Waals surface area contributed by atoms with E-state index in [9.17, 15) is 15.2 Å². The van der Waals surface area contributed by atoms with E-state index < -0.39 is 4.92 Å². The van der Waals surface area contributed by atoms with Crippen molar-refractivity contribution in [1.82, 2.24) is 14.4 Å². The minimum atomic E-state index is -0.475. The van der Waals surface area contributed by atoms with E-state index in [4.69, 9.17) is 0 Å². The van der Waals surface area contributed by atoms with Gasteiger partial charge in [0.1, 0.15) is 5.69 Å². The highest BCUT2D eigenvalue weighted by molar-refractivity contribution is 5.69. The summed E-state index contributed by atoms with van der Waals surface area (Å²) in [5.41, 5.74) is 1.47. The van der Waals surface area contributed by atoms with Gasteiger partial charge in [0.2, 0.25) is 5.88 Å². The third-order valence-electron chi connectivity index (χ3n) is 2.76. The van der Waals surface area contributed by atoms with Crippen LogP contribution in [0.2, 0.25) is 0 Å². The zero-order valence-electron chi connectivity index (χ0n) is 9.59. The lowest BCUT2D eigenvalue weighted by Crippen LogP contribution is -1.87. The Balaban J connectivity index is 2.13. The SMILES string of the molecule is O=[N+]([O-])c1ccc(-c2nc3cnccn3c2O)cc1. The molecule has 94 valence electrons. The Kier molecular flexibility index (Phi) is 2.38. The monoisotopic (exact) mass is 256 g/mol. The van der Waals surface area contributed by atoms with E-state index in [0.717, 1.165) is 0 Å². The first kappa shape index (κ1) is 11.1. The molecule has 1 N–H and O–H groups in total. The summed E-state index contributed by atoms with van der Waals surface area (Å²) in [6.45, 7) is 0. The van der Waals surface area contributed by atoms with Gasteiger partial charge in [0, 0.05) is 30.1 Å². The highest BCUT2D eigenvalue weighted by Crippen LogP contribution is 2.30. The van der Waals surface area contributed by atoms with Crippen molar-refractivity contribution in [2.24, 2.45) is 0 Å². The van der Waals surface area contributed by atoms with Crippen LogP contribution in [0.25, 0.3) is 16.9 Å². The summed E-state index contributed by atoms with van der Waals surface area (Å²) in [4.78, 5) is 18.3. The highest BCUT2D eigenvalue weighted by atomic mass is 16.6. The van der Waals surface area contributed by atoms with Crippen LogP contribution in [0, 0.1) is 10.1 Å². The molecule has 19 heavy (non-hydrogen) atoms. The number of hydrogen-bond donors (Lipinski definition) is 1. The van der Waals surface area contributed by atoms with Gasteiger partial charge in [-0.25, -0.2) is 4.98 Å². The summed E-state index contributed by atoms with van der Waals surface area (Å²) in [7, 11) is 0. The van der Waals surface area contributed by atoms with E-state index in [1.165, 1.54) is 28.9 Å². The topological polar surface area (TPSA) is 93.6 Å². The molecule has 3 rings (SSSR count). The third kappa shape index (κ3) is 1.77. The van der Waals surface area contributed by atoms with Crippen LogP contribution in [0.5, 0.6) is 5.88 Å². The maximum atomic E-state index is 10.6. The first-order chi connectivity index (χ1) is 9.16. The van der Waals surface area contributed by atoms with Crippen LogP contribution in [0.1, 0.15) is 0 Å². The molecular weight excluding hydrogens is 248 g/mol. The molecule has 2 heterocycles. The van der Waals surface area contributed by atoms with Gasteiger partial charge in [-0.2, -0.15) is 0 Å². The number of benzene rings is 1. The highest BCUT2D eigenvalue weighted by Gasteiger charge is 2.14. The summed E-state index contributed by atoms with van der Waals surface area (Å²) in [5, 5.41) is 20.6. The molecule has 1 aromatic carbocycles. The van der Waals surface area contributed by atoms with Crippen LogP contribution in [-0.4, -0.2) is 24.4 Å². The number of rotatable bonds is 2. The number of nitrogens with zero attached hydrogens (tertiary/aromatic N) is 4. The number of non-ortho nitro benzene ring substituents is 1. The minimum Gasteiger partial charge on any atom is -0.493 e. The Bertz CT molecular complexity index is 764. The van der Waals surface area contributed by atoms with Crippen LogP contribution in [0.4, 0.5) is 5.69 Å². The summed E-state index contributed by atoms with van der Waals surface area (Å²) in [5.74, 6) is -0.0220. The van der Waals surface area contributed by atoms with Crippen molar-refractivity contribution in [3.8, 4) is 17.1 Å². The molecule has 0 unspecified atom stereocenters. The fourth-order valence-corrected chi connectivity index (χ4v) is 1.83. The van der Waals surface area contributed by atoms with Gasteiger partial charge in [0.05, 0.1) is 11.1 Å². The molecule has 3 aromatic rings.